The van der Waals surface area contributed by atoms with Crippen LogP contribution >= 0.6 is 0 Å². The van der Waals surface area contributed by atoms with Gasteiger partial charge in [0, 0.05) is 11.6 Å². The molecule has 0 aliphatic heterocycles. The number of hydrogen-bond donors (Lipinski definition) is 2. The number of ether oxygens (including phenoxy) is 1. The van der Waals surface area contributed by atoms with Gasteiger partial charge in [-0.1, -0.05) is 6.92 Å². The van der Waals surface area contributed by atoms with Crippen LogP contribution in [-0.2, 0) is 0 Å². The Balaban J connectivity index is 1.93. The van der Waals surface area contributed by atoms with Crippen molar-refractivity contribution >= 4 is 11.5 Å². The minimum absolute atomic E-state index is 0.442. The highest BCUT2D eigenvalue weighted by Crippen LogP contribution is 2.37. The lowest BCUT2D eigenvalue weighted by Gasteiger charge is -2.19. The molecule has 0 spiro atoms. The molecule has 1 aliphatic carbocycles. The Morgan fingerprint density at radius 1 is 1.35 bits per heavy atom. The minimum atomic E-state index is 0.442. The van der Waals surface area contributed by atoms with Gasteiger partial charge in [-0.25, -0.2) is 9.97 Å². The number of nitrogens with one attached hydrogen (secondary N) is 1. The van der Waals surface area contributed by atoms with E-state index in [1.807, 2.05) is 25.1 Å². The Hall–Kier alpha value is -2.30. The molecule has 1 saturated carbocycles. The van der Waals surface area contributed by atoms with Crippen molar-refractivity contribution in [1.82, 2.24) is 9.97 Å². The summed E-state index contributed by atoms with van der Waals surface area (Å²) < 4.78 is 5.26. The molecular formula is C18H24N4O. The van der Waals surface area contributed by atoms with Gasteiger partial charge in [0.25, 0.3) is 0 Å². The first kappa shape index (κ1) is 15.6. The van der Waals surface area contributed by atoms with Crippen LogP contribution in [0.15, 0.2) is 24.5 Å². The predicted molar refractivity (Wildman–Crippen MR) is 93.6 cm³/mol. The Morgan fingerprint density at radius 2 is 2.13 bits per heavy atom. The van der Waals surface area contributed by atoms with Gasteiger partial charge >= 0.3 is 0 Å². The minimum Gasteiger partial charge on any atom is -0.497 e. The van der Waals surface area contributed by atoms with Gasteiger partial charge in [0.2, 0.25) is 0 Å². The van der Waals surface area contributed by atoms with Crippen LogP contribution in [0.1, 0.15) is 31.7 Å². The summed E-state index contributed by atoms with van der Waals surface area (Å²) in [5.74, 6) is 2.32. The Bertz CT molecular complexity index is 697. The van der Waals surface area contributed by atoms with E-state index in [0.29, 0.717) is 11.7 Å². The van der Waals surface area contributed by atoms with Crippen LogP contribution in [0, 0.1) is 12.8 Å². The van der Waals surface area contributed by atoms with Crippen molar-refractivity contribution in [2.75, 3.05) is 18.2 Å². The van der Waals surface area contributed by atoms with Gasteiger partial charge in [0.05, 0.1) is 12.8 Å². The number of aryl methyl sites for hydroxylation is 1. The fourth-order valence-electron chi connectivity index (χ4n) is 2.98. The number of nitrogens with two attached hydrogens (primary N) is 1. The van der Waals surface area contributed by atoms with Crippen molar-refractivity contribution in [1.29, 1.82) is 0 Å². The smallest absolute Gasteiger partial charge is 0.153 e. The SMILES string of the molecule is CCC(Nc1ncnc(-c2ccc(OC)cc2C)c1N)C1CC1. The second-order valence-corrected chi connectivity index (χ2v) is 6.16. The Morgan fingerprint density at radius 3 is 2.74 bits per heavy atom. The number of aromatic nitrogens is 2. The molecular weight excluding hydrogens is 288 g/mol. The lowest BCUT2D eigenvalue weighted by molar-refractivity contribution is 0.414. The lowest BCUT2D eigenvalue weighted by Crippen LogP contribution is -2.22. The summed E-state index contributed by atoms with van der Waals surface area (Å²) >= 11 is 0. The normalized spacial score (nSPS) is 15.3. The van der Waals surface area contributed by atoms with E-state index >= 15 is 0 Å². The third-order valence-electron chi connectivity index (χ3n) is 4.53. The molecule has 122 valence electrons. The van der Waals surface area contributed by atoms with E-state index in [1.54, 1.807) is 13.4 Å². The third kappa shape index (κ3) is 3.23. The Kier molecular flexibility index (Phi) is 4.37. The summed E-state index contributed by atoms with van der Waals surface area (Å²) in [6.45, 7) is 4.23. The molecule has 0 saturated heterocycles. The molecule has 5 nitrogen and oxygen atoms in total. The van der Waals surface area contributed by atoms with Crippen LogP contribution in [0.4, 0.5) is 11.5 Å². The number of rotatable bonds is 6. The first-order valence-electron chi connectivity index (χ1n) is 8.16. The number of nitrogens with zero attached hydrogens (tertiary/aromatic N) is 2. The maximum absolute atomic E-state index is 6.36. The largest absolute Gasteiger partial charge is 0.497 e. The van der Waals surface area contributed by atoms with Crippen LogP contribution < -0.4 is 15.8 Å². The number of anilines is 2. The number of nitrogen functional groups attached to an aromatic ring is 1. The molecule has 0 amide bonds. The number of hydrogen-bond acceptors (Lipinski definition) is 5. The topological polar surface area (TPSA) is 73.1 Å². The zero-order chi connectivity index (χ0) is 16.4. The summed E-state index contributed by atoms with van der Waals surface area (Å²) in [5, 5.41) is 3.51. The van der Waals surface area contributed by atoms with E-state index in [9.17, 15) is 0 Å². The molecule has 0 bridgehead atoms. The first-order valence-corrected chi connectivity index (χ1v) is 8.16. The van der Waals surface area contributed by atoms with Gasteiger partial charge in [-0.3, -0.25) is 0 Å². The van der Waals surface area contributed by atoms with Crippen LogP contribution in [0.25, 0.3) is 11.3 Å². The summed E-state index contributed by atoms with van der Waals surface area (Å²) in [4.78, 5) is 8.76. The van der Waals surface area contributed by atoms with Gasteiger partial charge in [0.15, 0.2) is 5.82 Å². The summed E-state index contributed by atoms with van der Waals surface area (Å²) in [5.41, 5.74) is 9.83. The standard InChI is InChI=1S/C18H24N4O/c1-4-15(12-5-6-12)22-18-16(19)17(20-10-21-18)14-8-7-13(23-3)9-11(14)2/h7-10,12,15H,4-6,19H2,1-3H3,(H,20,21,22). The van der Waals surface area contributed by atoms with E-state index in [2.05, 4.69) is 22.2 Å². The maximum Gasteiger partial charge on any atom is 0.153 e. The van der Waals surface area contributed by atoms with Gasteiger partial charge < -0.3 is 15.8 Å². The monoisotopic (exact) mass is 312 g/mol. The zero-order valence-corrected chi connectivity index (χ0v) is 14.0. The second kappa shape index (κ2) is 6.44. The van der Waals surface area contributed by atoms with Gasteiger partial charge in [-0.05, 0) is 55.9 Å². The first-order chi connectivity index (χ1) is 11.1. The molecule has 1 aromatic heterocycles. The molecule has 1 atom stereocenters. The fourth-order valence-corrected chi connectivity index (χ4v) is 2.98. The van der Waals surface area contributed by atoms with Crippen LogP contribution in [0.3, 0.4) is 0 Å². The third-order valence-corrected chi connectivity index (χ3v) is 4.53. The molecule has 0 radical (unpaired) electrons. The molecule has 1 aliphatic rings. The van der Waals surface area contributed by atoms with E-state index < -0.39 is 0 Å². The average Bonchev–Trinajstić information content (AvgIpc) is 3.39. The van der Waals surface area contributed by atoms with Crippen molar-refractivity contribution in [2.24, 2.45) is 5.92 Å². The molecule has 1 heterocycles. The summed E-state index contributed by atoms with van der Waals surface area (Å²) in [6.07, 6.45) is 5.24. The van der Waals surface area contributed by atoms with Crippen molar-refractivity contribution in [3.63, 3.8) is 0 Å². The number of benzene rings is 1. The fraction of sp³-hybridized carbons (Fsp3) is 0.444. The Labute approximate surface area is 137 Å². The summed E-state index contributed by atoms with van der Waals surface area (Å²) in [7, 11) is 1.66. The van der Waals surface area contributed by atoms with Gasteiger partial charge in [-0.15, -0.1) is 0 Å². The van der Waals surface area contributed by atoms with Crippen LogP contribution in [0.2, 0.25) is 0 Å². The highest BCUT2D eigenvalue weighted by molar-refractivity contribution is 5.82. The molecule has 1 aromatic carbocycles. The summed E-state index contributed by atoms with van der Waals surface area (Å²) in [6, 6.07) is 6.35. The maximum atomic E-state index is 6.36. The van der Waals surface area contributed by atoms with E-state index in [1.165, 1.54) is 12.8 Å². The van der Waals surface area contributed by atoms with E-state index in [4.69, 9.17) is 10.5 Å². The lowest BCUT2D eigenvalue weighted by atomic mass is 10.0. The molecule has 5 heteroatoms. The molecule has 3 rings (SSSR count). The predicted octanol–water partition coefficient (Wildman–Crippen LogP) is 3.64. The molecule has 2 aromatic rings. The molecule has 1 fully saturated rings. The average molecular weight is 312 g/mol. The van der Waals surface area contributed by atoms with Crippen LogP contribution in [-0.4, -0.2) is 23.1 Å². The van der Waals surface area contributed by atoms with Gasteiger partial charge in [0.1, 0.15) is 17.8 Å². The van der Waals surface area contributed by atoms with Crippen molar-refractivity contribution in [2.45, 2.75) is 39.2 Å². The van der Waals surface area contributed by atoms with Crippen molar-refractivity contribution in [3.05, 3.63) is 30.1 Å². The van der Waals surface area contributed by atoms with Gasteiger partial charge in [-0.2, -0.15) is 0 Å². The highest BCUT2D eigenvalue weighted by Gasteiger charge is 2.30. The quantitative estimate of drug-likeness (QED) is 0.852. The van der Waals surface area contributed by atoms with Crippen molar-refractivity contribution < 1.29 is 4.74 Å². The zero-order valence-electron chi connectivity index (χ0n) is 14.0. The van der Waals surface area contributed by atoms with Crippen molar-refractivity contribution in [3.8, 4) is 17.0 Å². The van der Waals surface area contributed by atoms with E-state index in [0.717, 1.165) is 40.7 Å². The molecule has 3 N–H and O–H groups in total. The highest BCUT2D eigenvalue weighted by atomic mass is 16.5. The van der Waals surface area contributed by atoms with Crippen LogP contribution in [0.5, 0.6) is 5.75 Å². The molecule has 23 heavy (non-hydrogen) atoms. The second-order valence-electron chi connectivity index (χ2n) is 6.16. The number of methoxy groups -OCH3 is 1. The molecule has 1 unspecified atom stereocenters. The van der Waals surface area contributed by atoms with E-state index in [-0.39, 0.29) is 0 Å².